The van der Waals surface area contributed by atoms with E-state index in [2.05, 4.69) is 34.2 Å². The Morgan fingerprint density at radius 3 is 2.32 bits per heavy atom. The maximum atomic E-state index is 14.1. The number of fused-ring (bicyclic) bond motifs is 1. The summed E-state index contributed by atoms with van der Waals surface area (Å²) in [6.07, 6.45) is 3.83. The monoisotopic (exact) mass is 432 g/mol. The topological polar surface area (TPSA) is 32.6 Å². The molecule has 0 aliphatic heterocycles. The van der Waals surface area contributed by atoms with Gasteiger partial charge in [-0.3, -0.25) is 0 Å². The summed E-state index contributed by atoms with van der Waals surface area (Å²) in [5, 5.41) is 0.717. The highest BCUT2D eigenvalue weighted by Crippen LogP contribution is 2.24. The van der Waals surface area contributed by atoms with Gasteiger partial charge >= 0.3 is 0 Å². The third kappa shape index (κ3) is 3.92. The number of benzene rings is 3. The highest BCUT2D eigenvalue weighted by molar-refractivity contribution is 6.30. The molecule has 3 nitrogen and oxygen atoms in total. The van der Waals surface area contributed by atoms with Crippen molar-refractivity contribution in [2.45, 2.75) is 6.54 Å². The molecule has 0 unspecified atom stereocenters. The minimum Gasteiger partial charge on any atom is -0.333 e. The van der Waals surface area contributed by atoms with E-state index in [4.69, 9.17) is 11.6 Å². The number of halogens is 3. The summed E-state index contributed by atoms with van der Waals surface area (Å²) in [7, 11) is 0. The first-order valence-electron chi connectivity index (χ1n) is 9.75. The molecule has 6 heteroatoms. The first-order valence-corrected chi connectivity index (χ1v) is 10.1. The van der Waals surface area contributed by atoms with E-state index in [0.717, 1.165) is 28.3 Å². The van der Waals surface area contributed by atoms with Gasteiger partial charge in [-0.2, -0.15) is 4.57 Å². The van der Waals surface area contributed by atoms with Crippen LogP contribution < -0.4 is 4.57 Å². The van der Waals surface area contributed by atoms with Gasteiger partial charge < -0.3 is 4.98 Å². The molecule has 0 aliphatic rings. The normalized spacial score (nSPS) is 11.2. The van der Waals surface area contributed by atoms with Crippen LogP contribution in [0.2, 0.25) is 5.02 Å². The van der Waals surface area contributed by atoms with Gasteiger partial charge in [-0.25, -0.2) is 13.8 Å². The highest BCUT2D eigenvalue weighted by atomic mass is 35.5. The molecule has 1 N–H and O–H groups in total. The molecule has 5 rings (SSSR count). The van der Waals surface area contributed by atoms with Crippen LogP contribution in [0.5, 0.6) is 0 Å². The lowest BCUT2D eigenvalue weighted by molar-refractivity contribution is -0.687. The SMILES string of the molecule is Fc1cccc(-c2nc3cc[n+](Cc4ccc(-c5ccc(Cl)cc5)cc4)cc3[nH]2)c1F. The number of imidazole rings is 1. The fraction of sp³-hybridized carbons (Fsp3) is 0.0400. The first-order chi connectivity index (χ1) is 15.1. The van der Waals surface area contributed by atoms with Crippen molar-refractivity contribution >= 4 is 22.6 Å². The number of rotatable bonds is 4. The van der Waals surface area contributed by atoms with Crippen molar-refractivity contribution in [3.8, 4) is 22.5 Å². The second-order valence-corrected chi connectivity index (χ2v) is 7.74. The molecule has 2 heterocycles. The summed E-state index contributed by atoms with van der Waals surface area (Å²) in [6, 6.07) is 22.0. The lowest BCUT2D eigenvalue weighted by atomic mass is 10.0. The van der Waals surface area contributed by atoms with Gasteiger partial charge in [-0.15, -0.1) is 0 Å². The van der Waals surface area contributed by atoms with Crippen LogP contribution in [-0.4, -0.2) is 9.97 Å². The van der Waals surface area contributed by atoms with E-state index in [0.29, 0.717) is 22.9 Å². The molecule has 31 heavy (non-hydrogen) atoms. The molecule has 5 aromatic rings. The maximum absolute atomic E-state index is 14.1. The lowest BCUT2D eigenvalue weighted by Crippen LogP contribution is -2.33. The van der Waals surface area contributed by atoms with Crippen molar-refractivity contribution in [3.63, 3.8) is 0 Å². The van der Waals surface area contributed by atoms with Crippen molar-refractivity contribution in [2.24, 2.45) is 0 Å². The summed E-state index contributed by atoms with van der Waals surface area (Å²) in [5.41, 5.74) is 4.92. The quantitative estimate of drug-likeness (QED) is 0.339. The zero-order chi connectivity index (χ0) is 21.4. The number of hydrogen-bond donors (Lipinski definition) is 1. The average Bonchev–Trinajstić information content (AvgIpc) is 3.20. The maximum Gasteiger partial charge on any atom is 0.195 e. The van der Waals surface area contributed by atoms with Crippen LogP contribution in [0.1, 0.15) is 5.56 Å². The van der Waals surface area contributed by atoms with Gasteiger partial charge in [0, 0.05) is 16.7 Å². The van der Waals surface area contributed by atoms with Crippen molar-refractivity contribution in [1.29, 1.82) is 0 Å². The number of aromatic nitrogens is 3. The molecule has 152 valence electrons. The van der Waals surface area contributed by atoms with Crippen LogP contribution in [0.25, 0.3) is 33.5 Å². The lowest BCUT2D eigenvalue weighted by Gasteiger charge is -2.03. The van der Waals surface area contributed by atoms with Gasteiger partial charge in [-0.05, 0) is 35.4 Å². The van der Waals surface area contributed by atoms with Crippen molar-refractivity contribution in [3.05, 3.63) is 107 Å². The van der Waals surface area contributed by atoms with E-state index in [1.54, 1.807) is 0 Å². The summed E-state index contributed by atoms with van der Waals surface area (Å²) >= 11 is 5.96. The Labute approximate surface area is 182 Å². The second kappa shape index (κ2) is 7.93. The zero-order valence-corrected chi connectivity index (χ0v) is 17.1. The molecule has 2 aromatic heterocycles. The van der Waals surface area contributed by atoms with Crippen molar-refractivity contribution in [1.82, 2.24) is 9.97 Å². The van der Waals surface area contributed by atoms with Crippen LogP contribution in [0.15, 0.2) is 85.2 Å². The molecule has 0 bridgehead atoms. The molecule has 0 fully saturated rings. The van der Waals surface area contributed by atoms with Crippen molar-refractivity contribution in [2.75, 3.05) is 0 Å². The third-order valence-electron chi connectivity index (χ3n) is 5.18. The van der Waals surface area contributed by atoms with E-state index in [1.807, 2.05) is 47.3 Å². The highest BCUT2D eigenvalue weighted by Gasteiger charge is 2.15. The second-order valence-electron chi connectivity index (χ2n) is 7.31. The van der Waals surface area contributed by atoms with E-state index < -0.39 is 11.6 Å². The Morgan fingerprint density at radius 2 is 1.58 bits per heavy atom. The third-order valence-corrected chi connectivity index (χ3v) is 5.44. The molecule has 0 aliphatic carbocycles. The van der Waals surface area contributed by atoms with Gasteiger partial charge in [0.25, 0.3) is 0 Å². The Kier molecular flexibility index (Phi) is 4.96. The summed E-state index contributed by atoms with van der Waals surface area (Å²) in [6.45, 7) is 0.666. The fourth-order valence-electron chi connectivity index (χ4n) is 3.57. The van der Waals surface area contributed by atoms with Crippen LogP contribution >= 0.6 is 11.6 Å². The van der Waals surface area contributed by atoms with Gasteiger partial charge in [-0.1, -0.05) is 54.1 Å². The van der Waals surface area contributed by atoms with Crippen LogP contribution in [0.3, 0.4) is 0 Å². The first kappa shape index (κ1) is 19.4. The number of pyridine rings is 1. The molecule has 0 saturated heterocycles. The van der Waals surface area contributed by atoms with Gasteiger partial charge in [0.05, 0.1) is 5.56 Å². The van der Waals surface area contributed by atoms with Crippen LogP contribution in [0.4, 0.5) is 8.78 Å². The Hall–Kier alpha value is -3.57. The Balaban J connectivity index is 1.39. The Morgan fingerprint density at radius 1 is 0.871 bits per heavy atom. The van der Waals surface area contributed by atoms with E-state index in [9.17, 15) is 8.78 Å². The predicted molar refractivity (Wildman–Crippen MR) is 118 cm³/mol. The molecule has 0 spiro atoms. The van der Waals surface area contributed by atoms with E-state index >= 15 is 0 Å². The molecule has 0 radical (unpaired) electrons. The summed E-state index contributed by atoms with van der Waals surface area (Å²) < 4.78 is 29.7. The number of nitrogens with zero attached hydrogens (tertiary/aromatic N) is 2. The largest absolute Gasteiger partial charge is 0.333 e. The van der Waals surface area contributed by atoms with Crippen molar-refractivity contribution < 1.29 is 13.3 Å². The molecule has 3 aromatic carbocycles. The minimum absolute atomic E-state index is 0.112. The molecular formula is C25H17ClF2N3+. The van der Waals surface area contributed by atoms with Gasteiger partial charge in [0.2, 0.25) is 0 Å². The number of H-pyrrole nitrogens is 1. The number of aromatic amines is 1. The van der Waals surface area contributed by atoms with Crippen LogP contribution in [0, 0.1) is 11.6 Å². The molecule has 0 atom stereocenters. The predicted octanol–water partition coefficient (Wildman–Crippen LogP) is 6.16. The number of nitrogens with one attached hydrogen (secondary N) is 1. The smallest absolute Gasteiger partial charge is 0.195 e. The standard InChI is InChI=1S/C25H16ClF2N3/c26-19-10-8-18(9-11-19)17-6-4-16(5-7-17)14-31-13-12-22-23(15-31)30-25(29-22)20-2-1-3-21(27)24(20)28/h1-13,15H,14H2/p+1. The molecule has 0 amide bonds. The molecule has 0 saturated carbocycles. The minimum atomic E-state index is -0.907. The van der Waals surface area contributed by atoms with Gasteiger partial charge in [0.1, 0.15) is 16.9 Å². The average molecular weight is 433 g/mol. The zero-order valence-electron chi connectivity index (χ0n) is 16.3. The van der Waals surface area contributed by atoms with Crippen LogP contribution in [-0.2, 0) is 6.54 Å². The molecular weight excluding hydrogens is 416 g/mol. The number of hydrogen-bond acceptors (Lipinski definition) is 1. The van der Waals surface area contributed by atoms with E-state index in [1.165, 1.54) is 12.1 Å². The fourth-order valence-corrected chi connectivity index (χ4v) is 3.70. The summed E-state index contributed by atoms with van der Waals surface area (Å²) in [5.74, 6) is -1.50. The summed E-state index contributed by atoms with van der Waals surface area (Å²) in [4.78, 5) is 7.49. The Bertz CT molecular complexity index is 1380. The van der Waals surface area contributed by atoms with Gasteiger partial charge in [0.15, 0.2) is 30.6 Å². The van der Waals surface area contributed by atoms with E-state index in [-0.39, 0.29) is 5.56 Å².